The first-order valence-electron chi connectivity index (χ1n) is 12.9. The second kappa shape index (κ2) is 13.3. The Morgan fingerprint density at radius 2 is 1.68 bits per heavy atom. The molecule has 1 aliphatic carbocycles. The van der Waals surface area contributed by atoms with Gasteiger partial charge in [0.15, 0.2) is 0 Å². The highest BCUT2D eigenvalue weighted by Crippen LogP contribution is 2.40. The smallest absolute Gasteiger partial charge is 0.308 e. The number of hydrogen-bond acceptors (Lipinski definition) is 6. The normalized spacial score (nSPS) is 40.9. The number of carbonyl (C=O) groups excluding carboxylic acids is 1. The lowest BCUT2D eigenvalue weighted by molar-refractivity contribution is -0.166. The number of rotatable bonds is 2. The summed E-state index contributed by atoms with van der Waals surface area (Å²) in [6, 6.07) is 2.14. The van der Waals surface area contributed by atoms with E-state index >= 15 is 0 Å². The fourth-order valence-electron chi connectivity index (χ4n) is 5.78. The first-order chi connectivity index (χ1) is 16.0. The summed E-state index contributed by atoms with van der Waals surface area (Å²) in [4.78, 5) is 24.2. The van der Waals surface area contributed by atoms with E-state index in [1.807, 2.05) is 13.8 Å². The zero-order chi connectivity index (χ0) is 25.4. The molecule has 2 rings (SSSR count). The van der Waals surface area contributed by atoms with Gasteiger partial charge in [-0.2, -0.15) is 5.26 Å². The summed E-state index contributed by atoms with van der Waals surface area (Å²) in [5.74, 6) is -1.52. The predicted octanol–water partition coefficient (Wildman–Crippen LogP) is 4.47. The molecule has 0 aromatic carbocycles. The van der Waals surface area contributed by atoms with Gasteiger partial charge in [-0.25, -0.2) is 0 Å². The number of carboxylic acid groups (broad SMARTS) is 1. The van der Waals surface area contributed by atoms with Crippen molar-refractivity contribution in [1.29, 1.82) is 5.26 Å². The number of allylic oxidation sites excluding steroid dienone is 1. The molecule has 0 unspecified atom stereocenters. The Balaban J connectivity index is 2.20. The molecular weight excluding hydrogens is 434 g/mol. The molecule has 0 saturated heterocycles. The summed E-state index contributed by atoms with van der Waals surface area (Å²) >= 11 is 0. The first kappa shape index (κ1) is 28.3. The fourth-order valence-corrected chi connectivity index (χ4v) is 5.78. The van der Waals surface area contributed by atoms with Crippen molar-refractivity contribution in [2.75, 3.05) is 0 Å². The third-order valence-corrected chi connectivity index (χ3v) is 7.83. The molecule has 7 heteroatoms. The van der Waals surface area contributed by atoms with Crippen LogP contribution in [0.15, 0.2) is 11.6 Å². The van der Waals surface area contributed by atoms with E-state index in [9.17, 15) is 30.2 Å². The SMILES string of the molecule is C[C@@H]1C[C@H](C)C[C@H](C)[C@@H](O)CC(=O)O[C@H]([C@@H]2CC[C@H]2C(=O)O)CCC/C=C(\C#N)[C@H](O)[C@@H](C)C1. The Bertz CT molecular complexity index is 759. The van der Waals surface area contributed by atoms with E-state index in [4.69, 9.17) is 4.74 Å². The number of carbonyl (C=O) groups is 2. The van der Waals surface area contributed by atoms with Crippen LogP contribution in [0.5, 0.6) is 0 Å². The number of aliphatic hydroxyl groups excluding tert-OH is 2. The Morgan fingerprint density at radius 3 is 2.24 bits per heavy atom. The molecule has 0 aromatic heterocycles. The average Bonchev–Trinajstić information content (AvgIpc) is 2.70. The van der Waals surface area contributed by atoms with Crippen LogP contribution in [0.3, 0.4) is 0 Å². The van der Waals surface area contributed by atoms with Crippen LogP contribution in [0.1, 0.15) is 85.5 Å². The zero-order valence-electron chi connectivity index (χ0n) is 21.2. The van der Waals surface area contributed by atoms with Gasteiger partial charge in [0.25, 0.3) is 0 Å². The van der Waals surface area contributed by atoms with E-state index in [1.165, 1.54) is 0 Å². The average molecular weight is 478 g/mol. The van der Waals surface area contributed by atoms with Gasteiger partial charge in [0.2, 0.25) is 0 Å². The van der Waals surface area contributed by atoms with E-state index in [1.54, 1.807) is 6.08 Å². The molecule has 1 saturated carbocycles. The fraction of sp³-hybridized carbons (Fsp3) is 0.815. The molecule has 0 amide bonds. The van der Waals surface area contributed by atoms with Crippen LogP contribution in [-0.4, -0.2) is 45.6 Å². The summed E-state index contributed by atoms with van der Waals surface area (Å²) in [5.41, 5.74) is 0.367. The Hall–Kier alpha value is -1.91. The van der Waals surface area contributed by atoms with Crippen LogP contribution in [0, 0.1) is 46.8 Å². The van der Waals surface area contributed by atoms with Crippen molar-refractivity contribution in [3.8, 4) is 6.07 Å². The van der Waals surface area contributed by atoms with Crippen molar-refractivity contribution < 1.29 is 29.6 Å². The van der Waals surface area contributed by atoms with Crippen LogP contribution < -0.4 is 0 Å². The minimum atomic E-state index is -0.868. The van der Waals surface area contributed by atoms with E-state index in [0.717, 1.165) is 19.3 Å². The molecule has 1 aliphatic heterocycles. The molecule has 34 heavy (non-hydrogen) atoms. The van der Waals surface area contributed by atoms with Crippen LogP contribution in [0.2, 0.25) is 0 Å². The van der Waals surface area contributed by atoms with Crippen molar-refractivity contribution >= 4 is 11.9 Å². The van der Waals surface area contributed by atoms with E-state index in [-0.39, 0.29) is 24.2 Å². The minimum absolute atomic E-state index is 0.0463. The van der Waals surface area contributed by atoms with Crippen molar-refractivity contribution in [3.63, 3.8) is 0 Å². The van der Waals surface area contributed by atoms with Gasteiger partial charge < -0.3 is 20.1 Å². The largest absolute Gasteiger partial charge is 0.481 e. The molecule has 0 bridgehead atoms. The van der Waals surface area contributed by atoms with Gasteiger partial charge in [-0.3, -0.25) is 9.59 Å². The first-order valence-corrected chi connectivity index (χ1v) is 12.9. The molecule has 0 spiro atoms. The quantitative estimate of drug-likeness (QED) is 0.501. The second-order valence-corrected chi connectivity index (χ2v) is 11.0. The van der Waals surface area contributed by atoms with E-state index in [2.05, 4.69) is 19.9 Å². The maximum Gasteiger partial charge on any atom is 0.308 e. The maximum atomic E-state index is 12.7. The Labute approximate surface area is 204 Å². The number of ether oxygens (including phenoxy) is 1. The molecule has 0 radical (unpaired) electrons. The van der Waals surface area contributed by atoms with Crippen molar-refractivity contribution in [2.24, 2.45) is 35.5 Å². The minimum Gasteiger partial charge on any atom is -0.481 e. The van der Waals surface area contributed by atoms with Crippen molar-refractivity contribution in [1.82, 2.24) is 0 Å². The van der Waals surface area contributed by atoms with Gasteiger partial charge in [-0.15, -0.1) is 0 Å². The van der Waals surface area contributed by atoms with Gasteiger partial charge in [-0.1, -0.05) is 33.8 Å². The number of nitrogens with zero attached hydrogens (tertiary/aromatic N) is 1. The molecule has 9 atom stereocenters. The van der Waals surface area contributed by atoms with Gasteiger partial charge in [-0.05, 0) is 75.0 Å². The standard InChI is InChI=1S/C27H43NO6/c1-16-11-17(2)13-19(4)26(31)20(15-28)7-5-6-8-24(21-9-10-22(21)27(32)33)34-25(30)14-23(29)18(3)12-16/h7,16-19,21-24,26,29,31H,5-6,8-14H2,1-4H3,(H,32,33)/b20-7+/t16-,17+,18-,19-,21+,22+,23-,24-,26+/m0/s1. The van der Waals surface area contributed by atoms with Crippen molar-refractivity contribution in [2.45, 2.75) is 104 Å². The Kier molecular flexibility index (Phi) is 11.0. The molecular formula is C27H43NO6. The molecule has 192 valence electrons. The molecule has 2 aliphatic rings. The predicted molar refractivity (Wildman–Crippen MR) is 128 cm³/mol. The van der Waals surface area contributed by atoms with Crippen molar-refractivity contribution in [3.05, 3.63) is 11.6 Å². The van der Waals surface area contributed by atoms with Gasteiger partial charge in [0.05, 0.1) is 36.2 Å². The highest BCUT2D eigenvalue weighted by Gasteiger charge is 2.43. The van der Waals surface area contributed by atoms with Crippen LogP contribution >= 0.6 is 0 Å². The number of aliphatic carboxylic acids is 1. The molecule has 3 N–H and O–H groups in total. The summed E-state index contributed by atoms with van der Waals surface area (Å²) in [7, 11) is 0. The number of esters is 1. The monoisotopic (exact) mass is 477 g/mol. The topological polar surface area (TPSA) is 128 Å². The third-order valence-electron chi connectivity index (χ3n) is 7.83. The number of nitriles is 1. The highest BCUT2D eigenvalue weighted by atomic mass is 16.5. The molecule has 1 fully saturated rings. The van der Waals surface area contributed by atoms with Gasteiger partial charge >= 0.3 is 11.9 Å². The van der Waals surface area contributed by atoms with E-state index in [0.29, 0.717) is 49.5 Å². The lowest BCUT2D eigenvalue weighted by Crippen LogP contribution is -2.43. The lowest BCUT2D eigenvalue weighted by Gasteiger charge is -2.39. The summed E-state index contributed by atoms with van der Waals surface area (Å²) in [6.07, 6.45) is 4.94. The number of hydrogen-bond donors (Lipinski definition) is 3. The summed E-state index contributed by atoms with van der Waals surface area (Å²) < 4.78 is 5.74. The number of carboxylic acids is 1. The second-order valence-electron chi connectivity index (χ2n) is 11.0. The van der Waals surface area contributed by atoms with Gasteiger partial charge in [0.1, 0.15) is 6.10 Å². The molecule has 0 aromatic rings. The highest BCUT2D eigenvalue weighted by molar-refractivity contribution is 5.72. The Morgan fingerprint density at radius 1 is 1.03 bits per heavy atom. The maximum absolute atomic E-state index is 12.7. The van der Waals surface area contributed by atoms with Crippen LogP contribution in [-0.2, 0) is 14.3 Å². The van der Waals surface area contributed by atoms with Crippen LogP contribution in [0.4, 0.5) is 0 Å². The van der Waals surface area contributed by atoms with Gasteiger partial charge in [0, 0.05) is 5.92 Å². The molecule has 1 heterocycles. The van der Waals surface area contributed by atoms with E-state index < -0.39 is 36.2 Å². The zero-order valence-corrected chi connectivity index (χ0v) is 21.2. The van der Waals surface area contributed by atoms with Crippen LogP contribution in [0.25, 0.3) is 0 Å². The number of aliphatic hydroxyl groups is 2. The molecule has 7 nitrogen and oxygen atoms in total. The third kappa shape index (κ3) is 8.09. The summed E-state index contributed by atoms with van der Waals surface area (Å²) in [6.45, 7) is 8.20. The lowest BCUT2D eigenvalue weighted by atomic mass is 9.69. The summed E-state index contributed by atoms with van der Waals surface area (Å²) in [5, 5.41) is 40.4. The number of cyclic esters (lactones) is 1.